The molecule has 0 spiro atoms. The molecule has 0 unspecified atom stereocenters. The van der Waals surface area contributed by atoms with Gasteiger partial charge in [0.05, 0.1) is 11.4 Å². The van der Waals surface area contributed by atoms with Crippen LogP contribution in [0.25, 0.3) is 16.8 Å². The number of aromatic amines is 1. The lowest BCUT2D eigenvalue weighted by Gasteiger charge is -2.17. The molecular weight excluding hydrogens is 268 g/mol. The molecule has 3 aromatic rings. The van der Waals surface area contributed by atoms with Gasteiger partial charge in [-0.05, 0) is 54.5 Å². The number of benzene rings is 2. The van der Waals surface area contributed by atoms with Crippen LogP contribution < -0.4 is 0 Å². The van der Waals surface area contributed by atoms with Crippen molar-refractivity contribution >= 4 is 0 Å². The van der Waals surface area contributed by atoms with Crippen LogP contribution in [0, 0.1) is 12.8 Å². The SMILES string of the molecule is Cc1ccccc1-c1ccc(-n2cc(CCC(C)C)[nH]2)cc1. The molecule has 0 amide bonds. The van der Waals surface area contributed by atoms with E-state index in [1.165, 1.54) is 34.5 Å². The van der Waals surface area contributed by atoms with Gasteiger partial charge in [0.1, 0.15) is 0 Å². The van der Waals surface area contributed by atoms with Crippen LogP contribution in [0.1, 0.15) is 31.5 Å². The maximum Gasteiger partial charge on any atom is 0.0624 e. The number of hydrogen-bond donors (Lipinski definition) is 1. The maximum absolute atomic E-state index is 3.42. The Labute approximate surface area is 132 Å². The fraction of sp³-hybridized carbons (Fsp3) is 0.300. The highest BCUT2D eigenvalue weighted by atomic mass is 15.3. The van der Waals surface area contributed by atoms with Crippen LogP contribution in [0.2, 0.25) is 0 Å². The van der Waals surface area contributed by atoms with Gasteiger partial charge in [-0.15, -0.1) is 0 Å². The van der Waals surface area contributed by atoms with E-state index in [2.05, 4.69) is 85.3 Å². The second-order valence-corrected chi connectivity index (χ2v) is 6.43. The summed E-state index contributed by atoms with van der Waals surface area (Å²) in [7, 11) is 0. The Morgan fingerprint density at radius 1 is 1.00 bits per heavy atom. The van der Waals surface area contributed by atoms with Crippen LogP contribution >= 0.6 is 0 Å². The van der Waals surface area contributed by atoms with Gasteiger partial charge in [0.15, 0.2) is 0 Å². The van der Waals surface area contributed by atoms with Gasteiger partial charge in [0.2, 0.25) is 0 Å². The topological polar surface area (TPSA) is 20.7 Å². The standard InChI is InChI=1S/C20H24N2/c1-15(2)8-11-18-14-22(21-18)19-12-9-17(10-13-19)20-7-5-4-6-16(20)3/h4-7,9-10,12-15,21H,8,11H2,1-3H3. The summed E-state index contributed by atoms with van der Waals surface area (Å²) >= 11 is 0. The van der Waals surface area contributed by atoms with E-state index in [-0.39, 0.29) is 0 Å². The molecule has 1 N–H and O–H groups in total. The minimum Gasteiger partial charge on any atom is -0.297 e. The van der Waals surface area contributed by atoms with Crippen molar-refractivity contribution in [2.75, 3.05) is 0 Å². The highest BCUT2D eigenvalue weighted by Gasteiger charge is 2.06. The third-order valence-corrected chi connectivity index (χ3v) is 4.14. The van der Waals surface area contributed by atoms with E-state index in [0.29, 0.717) is 0 Å². The zero-order chi connectivity index (χ0) is 15.5. The molecule has 2 nitrogen and oxygen atoms in total. The summed E-state index contributed by atoms with van der Waals surface area (Å²) in [6.45, 7) is 6.69. The zero-order valence-electron chi connectivity index (χ0n) is 13.6. The first-order valence-electron chi connectivity index (χ1n) is 8.06. The van der Waals surface area contributed by atoms with Gasteiger partial charge in [-0.2, -0.15) is 0 Å². The van der Waals surface area contributed by atoms with Gasteiger partial charge >= 0.3 is 0 Å². The number of aromatic nitrogens is 2. The summed E-state index contributed by atoms with van der Waals surface area (Å²) in [5.74, 6) is 0.755. The highest BCUT2D eigenvalue weighted by molar-refractivity contribution is 5.67. The van der Waals surface area contributed by atoms with E-state index in [4.69, 9.17) is 0 Å². The molecule has 0 saturated carbocycles. The summed E-state index contributed by atoms with van der Waals surface area (Å²) in [6.07, 6.45) is 4.57. The predicted octanol–water partition coefficient (Wildman–Crippen LogP) is 5.37. The molecule has 114 valence electrons. The summed E-state index contributed by atoms with van der Waals surface area (Å²) in [6, 6.07) is 17.2. The fourth-order valence-corrected chi connectivity index (χ4v) is 2.71. The van der Waals surface area contributed by atoms with Crippen LogP contribution in [-0.2, 0) is 6.42 Å². The first-order valence-corrected chi connectivity index (χ1v) is 8.06. The molecule has 2 aromatic carbocycles. The molecule has 0 aliphatic carbocycles. The van der Waals surface area contributed by atoms with Crippen LogP contribution in [0.15, 0.2) is 54.7 Å². The van der Waals surface area contributed by atoms with Crippen molar-refractivity contribution < 1.29 is 0 Å². The fourth-order valence-electron chi connectivity index (χ4n) is 2.71. The average molecular weight is 292 g/mol. The van der Waals surface area contributed by atoms with Gasteiger partial charge in [-0.3, -0.25) is 9.78 Å². The Morgan fingerprint density at radius 2 is 1.68 bits per heavy atom. The van der Waals surface area contributed by atoms with E-state index in [1.54, 1.807) is 0 Å². The number of aryl methyl sites for hydroxylation is 2. The van der Waals surface area contributed by atoms with Crippen molar-refractivity contribution in [3.8, 4) is 16.8 Å². The predicted molar refractivity (Wildman–Crippen MR) is 93.5 cm³/mol. The van der Waals surface area contributed by atoms with Crippen molar-refractivity contribution in [2.45, 2.75) is 33.6 Å². The summed E-state index contributed by atoms with van der Waals surface area (Å²) in [5.41, 5.74) is 6.40. The Bertz CT molecular complexity index is 717. The van der Waals surface area contributed by atoms with Gasteiger partial charge in [0, 0.05) is 6.20 Å². The summed E-state index contributed by atoms with van der Waals surface area (Å²) in [5, 5.41) is 3.42. The zero-order valence-corrected chi connectivity index (χ0v) is 13.6. The molecular formula is C20H24N2. The monoisotopic (exact) mass is 292 g/mol. The molecule has 1 aromatic heterocycles. The van der Waals surface area contributed by atoms with E-state index >= 15 is 0 Å². The molecule has 0 fully saturated rings. The quantitative estimate of drug-likeness (QED) is 0.652. The van der Waals surface area contributed by atoms with Gasteiger partial charge in [-0.25, -0.2) is 0 Å². The smallest absolute Gasteiger partial charge is 0.0624 e. The molecule has 0 saturated heterocycles. The molecule has 0 radical (unpaired) electrons. The number of nitrogens with one attached hydrogen (secondary N) is 1. The second kappa shape index (κ2) is 6.27. The first-order chi connectivity index (χ1) is 10.6. The van der Waals surface area contributed by atoms with Crippen molar-refractivity contribution in [1.82, 2.24) is 9.78 Å². The lowest BCUT2D eigenvalue weighted by Crippen LogP contribution is -2.11. The van der Waals surface area contributed by atoms with Crippen molar-refractivity contribution in [3.63, 3.8) is 0 Å². The molecule has 3 rings (SSSR count). The highest BCUT2D eigenvalue weighted by Crippen LogP contribution is 2.24. The largest absolute Gasteiger partial charge is 0.297 e. The minimum atomic E-state index is 0.755. The van der Waals surface area contributed by atoms with Crippen LogP contribution in [0.3, 0.4) is 0 Å². The normalized spacial score (nSPS) is 11.3. The molecule has 0 atom stereocenters. The van der Waals surface area contributed by atoms with Gasteiger partial charge in [-0.1, -0.05) is 50.2 Å². The Balaban J connectivity index is 1.72. The number of rotatable bonds is 5. The lowest BCUT2D eigenvalue weighted by molar-refractivity contribution is 0.562. The number of H-pyrrole nitrogens is 1. The van der Waals surface area contributed by atoms with E-state index in [1.807, 2.05) is 0 Å². The summed E-state index contributed by atoms with van der Waals surface area (Å²) < 4.78 is 2.09. The Hall–Kier alpha value is -2.22. The molecule has 1 heterocycles. The molecule has 0 bridgehead atoms. The minimum absolute atomic E-state index is 0.755. The molecule has 0 aliphatic heterocycles. The van der Waals surface area contributed by atoms with Crippen molar-refractivity contribution in [3.05, 3.63) is 66.0 Å². The van der Waals surface area contributed by atoms with E-state index < -0.39 is 0 Å². The Kier molecular flexibility index (Phi) is 4.19. The van der Waals surface area contributed by atoms with Gasteiger partial charge in [0.25, 0.3) is 0 Å². The average Bonchev–Trinajstić information content (AvgIpc) is 2.46. The van der Waals surface area contributed by atoms with Crippen LogP contribution in [-0.4, -0.2) is 9.78 Å². The van der Waals surface area contributed by atoms with E-state index in [0.717, 1.165) is 12.3 Å². The number of nitrogens with zero attached hydrogens (tertiary/aromatic N) is 1. The van der Waals surface area contributed by atoms with Crippen molar-refractivity contribution in [2.24, 2.45) is 5.92 Å². The van der Waals surface area contributed by atoms with E-state index in [9.17, 15) is 0 Å². The Morgan fingerprint density at radius 3 is 2.32 bits per heavy atom. The van der Waals surface area contributed by atoms with Gasteiger partial charge < -0.3 is 0 Å². The lowest BCUT2D eigenvalue weighted by atomic mass is 10.0. The summed E-state index contributed by atoms with van der Waals surface area (Å²) in [4.78, 5) is 0. The van der Waals surface area contributed by atoms with Crippen LogP contribution in [0.4, 0.5) is 0 Å². The molecule has 0 aliphatic rings. The first kappa shape index (κ1) is 14.7. The third-order valence-electron chi connectivity index (χ3n) is 4.14. The second-order valence-electron chi connectivity index (χ2n) is 6.43. The third kappa shape index (κ3) is 3.16. The molecule has 22 heavy (non-hydrogen) atoms. The number of hydrogen-bond acceptors (Lipinski definition) is 0. The maximum atomic E-state index is 3.42. The van der Waals surface area contributed by atoms with Crippen LogP contribution in [0.5, 0.6) is 0 Å². The molecule has 2 heteroatoms. The van der Waals surface area contributed by atoms with Crippen molar-refractivity contribution in [1.29, 1.82) is 0 Å².